The molecular weight excluding hydrogens is 472 g/mol. The minimum atomic E-state index is -2.93. The third-order valence-corrected chi connectivity index (χ3v) is 6.47. The van der Waals surface area contributed by atoms with Gasteiger partial charge in [-0.2, -0.15) is 0 Å². The number of carbonyl (C=O) groups is 2. The molecule has 2 atom stereocenters. The molecule has 1 aromatic rings. The van der Waals surface area contributed by atoms with Gasteiger partial charge in [0.2, 0.25) is 5.91 Å². The zero-order valence-corrected chi connectivity index (χ0v) is 19.2. The Hall–Kier alpha value is -3.28. The largest absolute Gasteiger partial charge is 0.493 e. The number of amides is 3. The first kappa shape index (κ1) is 24.8. The number of nitrogens with one attached hydrogen (secondary N) is 2. The molecule has 2 heterocycles. The van der Waals surface area contributed by atoms with Gasteiger partial charge in [0.25, 0.3) is 5.92 Å². The van der Waals surface area contributed by atoms with Crippen molar-refractivity contribution < 1.29 is 36.6 Å². The van der Waals surface area contributed by atoms with Gasteiger partial charge in [-0.1, -0.05) is 6.58 Å². The van der Waals surface area contributed by atoms with E-state index in [1.807, 2.05) is 0 Å². The molecule has 4 rings (SSSR count). The Kier molecular flexibility index (Phi) is 6.67. The minimum absolute atomic E-state index is 0.104. The number of urea groups is 1. The number of hydrogen-bond acceptors (Lipinski definition) is 5. The van der Waals surface area contributed by atoms with Crippen LogP contribution in [-0.2, 0) is 4.79 Å². The lowest BCUT2D eigenvalue weighted by Gasteiger charge is -2.51. The molecule has 8 nitrogen and oxygen atoms in total. The number of halogens is 4. The molecule has 190 valence electrons. The molecule has 12 heteroatoms. The van der Waals surface area contributed by atoms with Crippen molar-refractivity contribution >= 4 is 17.6 Å². The highest BCUT2D eigenvalue weighted by Gasteiger charge is 2.53. The van der Waals surface area contributed by atoms with Crippen molar-refractivity contribution in [1.82, 2.24) is 15.5 Å². The summed E-state index contributed by atoms with van der Waals surface area (Å²) in [5.41, 5.74) is -0.180. The number of ether oxygens (including phenoxy) is 2. The molecule has 0 aromatic heterocycles. The third-order valence-electron chi connectivity index (χ3n) is 6.47. The van der Waals surface area contributed by atoms with Crippen LogP contribution in [0, 0.1) is 17.6 Å². The van der Waals surface area contributed by atoms with E-state index in [9.17, 15) is 18.4 Å². The summed E-state index contributed by atoms with van der Waals surface area (Å²) in [6.07, 6.45) is 1.69. The molecule has 3 aliphatic rings. The van der Waals surface area contributed by atoms with Gasteiger partial charge in [0.15, 0.2) is 23.1 Å². The maximum atomic E-state index is 15.2. The van der Waals surface area contributed by atoms with Crippen molar-refractivity contribution in [3.05, 3.63) is 42.1 Å². The van der Waals surface area contributed by atoms with Gasteiger partial charge in [0, 0.05) is 62.2 Å². The Morgan fingerprint density at radius 2 is 1.89 bits per heavy atom. The number of benzene rings is 1. The summed E-state index contributed by atoms with van der Waals surface area (Å²) < 4.78 is 67.9. The summed E-state index contributed by atoms with van der Waals surface area (Å²) >= 11 is 0. The average molecular weight is 498 g/mol. The quantitative estimate of drug-likeness (QED) is 0.446. The maximum Gasteiger partial charge on any atom is 0.329 e. The van der Waals surface area contributed by atoms with Crippen molar-refractivity contribution in [2.75, 3.05) is 38.8 Å². The second-order valence-electron chi connectivity index (χ2n) is 8.69. The fourth-order valence-electron chi connectivity index (χ4n) is 4.66. The molecule has 2 aliphatic heterocycles. The highest BCUT2D eigenvalue weighted by atomic mass is 19.3. The van der Waals surface area contributed by atoms with Gasteiger partial charge in [-0.15, -0.1) is 0 Å². The summed E-state index contributed by atoms with van der Waals surface area (Å²) in [4.78, 5) is 27.3. The van der Waals surface area contributed by atoms with E-state index in [1.165, 1.54) is 19.1 Å². The first-order valence-corrected chi connectivity index (χ1v) is 11.0. The summed E-state index contributed by atoms with van der Waals surface area (Å²) in [6, 6.07) is -1.01. The molecule has 0 radical (unpaired) electrons. The van der Waals surface area contributed by atoms with E-state index >= 15 is 8.78 Å². The summed E-state index contributed by atoms with van der Waals surface area (Å²) in [7, 11) is 2.38. The van der Waals surface area contributed by atoms with Gasteiger partial charge in [0.05, 0.1) is 14.2 Å². The monoisotopic (exact) mass is 498 g/mol. The Morgan fingerprint density at radius 1 is 1.26 bits per heavy atom. The number of alkyl halides is 2. The third kappa shape index (κ3) is 4.54. The van der Waals surface area contributed by atoms with E-state index in [4.69, 9.17) is 9.47 Å². The van der Waals surface area contributed by atoms with Crippen LogP contribution >= 0.6 is 0 Å². The van der Waals surface area contributed by atoms with Crippen LogP contribution in [0.15, 0.2) is 30.5 Å². The van der Waals surface area contributed by atoms with Crippen molar-refractivity contribution in [2.45, 2.75) is 30.8 Å². The van der Waals surface area contributed by atoms with Crippen LogP contribution in [0.25, 0.3) is 0 Å². The van der Waals surface area contributed by atoms with Gasteiger partial charge in [-0.25, -0.2) is 22.4 Å². The highest BCUT2D eigenvalue weighted by molar-refractivity contribution is 5.95. The predicted molar refractivity (Wildman–Crippen MR) is 119 cm³/mol. The molecule has 2 unspecified atom stereocenters. The predicted octanol–water partition coefficient (Wildman–Crippen LogP) is 2.80. The lowest BCUT2D eigenvalue weighted by molar-refractivity contribution is -0.116. The number of anilines is 1. The van der Waals surface area contributed by atoms with E-state index in [-0.39, 0.29) is 43.1 Å². The molecule has 3 amide bonds. The van der Waals surface area contributed by atoms with E-state index < -0.39 is 54.1 Å². The van der Waals surface area contributed by atoms with Gasteiger partial charge >= 0.3 is 6.03 Å². The topological polar surface area (TPSA) is 83.1 Å². The van der Waals surface area contributed by atoms with Gasteiger partial charge in [0.1, 0.15) is 5.69 Å². The summed E-state index contributed by atoms with van der Waals surface area (Å²) in [5.74, 6) is -6.60. The average Bonchev–Trinajstić information content (AvgIpc) is 2.81. The molecule has 0 bridgehead atoms. The normalized spacial score (nSPS) is 23.7. The minimum Gasteiger partial charge on any atom is -0.493 e. The van der Waals surface area contributed by atoms with Crippen LogP contribution in [0.1, 0.15) is 12.8 Å². The van der Waals surface area contributed by atoms with Crippen LogP contribution in [0.4, 0.5) is 28.0 Å². The second kappa shape index (κ2) is 9.40. The standard InChI is InChI=1S/C23H26F4N4O4/c1-4-18(32)29-10-13-5-15-12(9-28-13)11-30(22(33)31(15)14-7-23(26,27)8-14)21-19(24)16(34-2)6-17(35-3)20(21)25/h4-6,12-14,28H,1,7-11H2,2-3H3,(H,29,32). The Bertz CT molecular complexity index is 1040. The molecule has 1 saturated heterocycles. The Labute approximate surface area is 199 Å². The van der Waals surface area contributed by atoms with Crippen LogP contribution < -0.4 is 25.0 Å². The zero-order valence-electron chi connectivity index (χ0n) is 19.2. The van der Waals surface area contributed by atoms with E-state index in [0.29, 0.717) is 5.70 Å². The lowest BCUT2D eigenvalue weighted by atomic mass is 9.83. The first-order chi connectivity index (χ1) is 16.6. The van der Waals surface area contributed by atoms with Crippen LogP contribution in [-0.4, -0.2) is 68.7 Å². The Morgan fingerprint density at radius 3 is 2.43 bits per heavy atom. The van der Waals surface area contributed by atoms with Gasteiger partial charge in [-0.05, 0) is 12.2 Å². The van der Waals surface area contributed by atoms with Crippen LogP contribution in [0.5, 0.6) is 11.5 Å². The van der Waals surface area contributed by atoms with Gasteiger partial charge < -0.3 is 20.1 Å². The number of fused-ring (bicyclic) bond motifs is 1. The molecule has 1 aromatic carbocycles. The molecule has 1 saturated carbocycles. The first-order valence-electron chi connectivity index (χ1n) is 11.0. The maximum absolute atomic E-state index is 15.2. The Balaban J connectivity index is 1.72. The molecule has 0 spiro atoms. The summed E-state index contributed by atoms with van der Waals surface area (Å²) in [6.45, 7) is 3.75. The van der Waals surface area contributed by atoms with Crippen molar-refractivity contribution in [1.29, 1.82) is 0 Å². The van der Waals surface area contributed by atoms with Crippen LogP contribution in [0.3, 0.4) is 0 Å². The lowest BCUT2D eigenvalue weighted by Crippen LogP contribution is -2.63. The number of methoxy groups -OCH3 is 2. The summed E-state index contributed by atoms with van der Waals surface area (Å²) in [5, 5.41) is 5.84. The molecule has 2 fully saturated rings. The van der Waals surface area contributed by atoms with E-state index in [1.54, 1.807) is 6.08 Å². The fourth-order valence-corrected chi connectivity index (χ4v) is 4.66. The fraction of sp³-hybridized carbons (Fsp3) is 0.478. The molecule has 2 N–H and O–H groups in total. The van der Waals surface area contributed by atoms with Gasteiger partial charge in [-0.3, -0.25) is 14.6 Å². The highest BCUT2D eigenvalue weighted by Crippen LogP contribution is 2.46. The van der Waals surface area contributed by atoms with Crippen molar-refractivity contribution in [3.8, 4) is 11.5 Å². The second-order valence-corrected chi connectivity index (χ2v) is 8.69. The zero-order chi connectivity index (χ0) is 25.5. The van der Waals surface area contributed by atoms with Crippen molar-refractivity contribution in [3.63, 3.8) is 0 Å². The van der Waals surface area contributed by atoms with Crippen molar-refractivity contribution in [2.24, 2.45) is 5.92 Å². The SMILES string of the molecule is C=CC(=O)NCC1C=C2C(CN1)CN(c1c(F)c(OC)cc(OC)c1F)C(=O)N2C1CC(F)(F)C1. The van der Waals surface area contributed by atoms with E-state index in [0.717, 1.165) is 17.0 Å². The van der Waals surface area contributed by atoms with E-state index in [2.05, 4.69) is 17.2 Å². The molecule has 35 heavy (non-hydrogen) atoms. The number of carbonyl (C=O) groups excluding carboxylic acids is 2. The number of hydrogen-bond donors (Lipinski definition) is 2. The number of nitrogens with zero attached hydrogens (tertiary/aromatic N) is 2. The van der Waals surface area contributed by atoms with Crippen LogP contribution in [0.2, 0.25) is 0 Å². The molecule has 1 aliphatic carbocycles. The smallest absolute Gasteiger partial charge is 0.329 e. The molecular formula is C23H26F4N4O4. The number of rotatable bonds is 7.